The highest BCUT2D eigenvalue weighted by Gasteiger charge is 2.26. The molecule has 1 aliphatic heterocycles. The van der Waals surface area contributed by atoms with E-state index < -0.39 is 29.2 Å². The van der Waals surface area contributed by atoms with Crippen LogP contribution in [0.5, 0.6) is 5.88 Å². The van der Waals surface area contributed by atoms with Crippen molar-refractivity contribution in [3.8, 4) is 17.0 Å². The van der Waals surface area contributed by atoms with Crippen molar-refractivity contribution in [1.29, 1.82) is 0 Å². The normalized spacial score (nSPS) is 12.7. The Morgan fingerprint density at radius 3 is 2.52 bits per heavy atom. The highest BCUT2D eigenvalue weighted by Crippen LogP contribution is 2.28. The zero-order valence-electron chi connectivity index (χ0n) is 13.7. The molecule has 0 bridgehead atoms. The van der Waals surface area contributed by atoms with Gasteiger partial charge in [-0.05, 0) is 23.3 Å². The van der Waals surface area contributed by atoms with Crippen LogP contribution in [0.2, 0.25) is 0 Å². The van der Waals surface area contributed by atoms with Crippen molar-refractivity contribution < 1.29 is 19.8 Å². The van der Waals surface area contributed by atoms with Gasteiger partial charge in [0.2, 0.25) is 5.88 Å². The van der Waals surface area contributed by atoms with Gasteiger partial charge in [-0.1, -0.05) is 47.7 Å². The molecule has 1 aromatic heterocycles. The summed E-state index contributed by atoms with van der Waals surface area (Å²) in [5.74, 6) is -2.38. The third-order valence-electron chi connectivity index (χ3n) is 4.20. The average Bonchev–Trinajstić information content (AvgIpc) is 3.11. The van der Waals surface area contributed by atoms with Gasteiger partial charge in [0.15, 0.2) is 0 Å². The minimum absolute atomic E-state index is 0.0268. The summed E-state index contributed by atoms with van der Waals surface area (Å²) in [5.41, 5.74) is 1.90. The molecule has 4 rings (SSSR count). The van der Waals surface area contributed by atoms with E-state index in [-0.39, 0.29) is 10.5 Å². The Labute approximate surface area is 155 Å². The van der Waals surface area contributed by atoms with Crippen LogP contribution in [0, 0.1) is 0 Å². The van der Waals surface area contributed by atoms with Gasteiger partial charge in [0.1, 0.15) is 11.4 Å². The molecule has 2 heterocycles. The van der Waals surface area contributed by atoms with Crippen LogP contribution in [0.15, 0.2) is 58.3 Å². The van der Waals surface area contributed by atoms with E-state index in [1.54, 1.807) is 12.1 Å². The number of benzene rings is 2. The Morgan fingerprint density at radius 1 is 1.07 bits per heavy atom. The van der Waals surface area contributed by atoms with Crippen molar-refractivity contribution in [3.63, 3.8) is 0 Å². The number of aliphatic carboxylic acids is 1. The topological polar surface area (TPSA) is 109 Å². The summed E-state index contributed by atoms with van der Waals surface area (Å²) >= 11 is 0.625. The molecule has 1 amide bonds. The molecule has 2 N–H and O–H groups in total. The molecular weight excluding hydrogens is 368 g/mol. The second kappa shape index (κ2) is 6.33. The minimum atomic E-state index is -1.27. The number of nitrogens with zero attached hydrogens (tertiary/aromatic N) is 2. The number of carbonyl (C=O) groups is 2. The highest BCUT2D eigenvalue weighted by atomic mass is 32.1. The molecule has 0 saturated heterocycles. The number of hydrogen-bond acceptors (Lipinski definition) is 5. The predicted molar refractivity (Wildman–Crippen MR) is 98.1 cm³/mol. The minimum Gasteiger partial charge on any atom is -0.493 e. The maximum atomic E-state index is 12.4. The Morgan fingerprint density at radius 2 is 1.81 bits per heavy atom. The van der Waals surface area contributed by atoms with Crippen LogP contribution in [0.4, 0.5) is 0 Å². The molecule has 1 aliphatic rings. The van der Waals surface area contributed by atoms with Crippen molar-refractivity contribution in [3.05, 3.63) is 73.7 Å². The van der Waals surface area contributed by atoms with Crippen LogP contribution < -0.4 is 15.4 Å². The number of rotatable bonds is 4. The molecule has 0 aliphatic carbocycles. The fourth-order valence-electron chi connectivity index (χ4n) is 2.98. The number of aromatic nitrogens is 1. The quantitative estimate of drug-likeness (QED) is 0.693. The lowest BCUT2D eigenvalue weighted by Crippen LogP contribution is -2.23. The largest absolute Gasteiger partial charge is 0.493 e. The van der Waals surface area contributed by atoms with Crippen molar-refractivity contribution in [1.82, 2.24) is 4.57 Å². The van der Waals surface area contributed by atoms with E-state index in [9.17, 15) is 19.5 Å². The van der Waals surface area contributed by atoms with Crippen LogP contribution in [0.25, 0.3) is 16.7 Å². The Balaban J connectivity index is 1.96. The number of amides is 1. The van der Waals surface area contributed by atoms with Gasteiger partial charge in [0.25, 0.3) is 5.91 Å². The molecule has 0 unspecified atom stereocenters. The summed E-state index contributed by atoms with van der Waals surface area (Å²) < 4.78 is 0.724. The molecule has 27 heavy (non-hydrogen) atoms. The number of thiazole rings is 1. The van der Waals surface area contributed by atoms with E-state index in [0.717, 1.165) is 15.7 Å². The van der Waals surface area contributed by atoms with E-state index in [2.05, 4.69) is 4.99 Å². The van der Waals surface area contributed by atoms with Gasteiger partial charge in [-0.15, -0.1) is 0 Å². The summed E-state index contributed by atoms with van der Waals surface area (Å²) in [4.78, 5) is 38.8. The molecule has 0 atom stereocenters. The molecule has 7 nitrogen and oxygen atoms in total. The number of carbonyl (C=O) groups excluding carboxylic acids is 1. The fraction of sp³-hybridized carbons (Fsp3) is 0.0526. The number of fused-ring (bicyclic) bond motifs is 1. The van der Waals surface area contributed by atoms with Crippen LogP contribution in [0.1, 0.15) is 4.88 Å². The average molecular weight is 380 g/mol. The molecule has 134 valence electrons. The predicted octanol–water partition coefficient (Wildman–Crippen LogP) is 0.726. The molecule has 8 heteroatoms. The monoisotopic (exact) mass is 380 g/mol. The number of carboxylic acids is 1. The Kier molecular flexibility index (Phi) is 3.97. The van der Waals surface area contributed by atoms with E-state index in [1.165, 1.54) is 0 Å². The first-order chi connectivity index (χ1) is 13.0. The second-order valence-corrected chi connectivity index (χ2v) is 6.85. The zero-order chi connectivity index (χ0) is 19.1. The number of carboxylic acid groups (broad SMARTS) is 1. The molecule has 0 saturated carbocycles. The maximum absolute atomic E-state index is 12.4. The van der Waals surface area contributed by atoms with Crippen LogP contribution >= 0.6 is 11.3 Å². The number of hydrogen-bond donors (Lipinski definition) is 2. The summed E-state index contributed by atoms with van der Waals surface area (Å²) in [7, 11) is 0. The first kappa shape index (κ1) is 16.9. The SMILES string of the molecule is O=C(O)Cn1c(O)c(C2=c3cc(-c4ccccc4)ccc3=NC2=O)sc1=O. The molecule has 0 radical (unpaired) electrons. The van der Waals surface area contributed by atoms with Gasteiger partial charge < -0.3 is 10.2 Å². The summed E-state index contributed by atoms with van der Waals surface area (Å²) in [6.07, 6.45) is 0. The maximum Gasteiger partial charge on any atom is 0.323 e. The standard InChI is InChI=1S/C19H12N2O5S/c22-14(23)9-21-18(25)16(27-19(21)26)15-12-8-11(10-4-2-1-3-5-10)6-7-13(12)20-17(15)24/h1-8,25H,9H2,(H,22,23). The molecular formula is C19H12N2O5S. The first-order valence-corrected chi connectivity index (χ1v) is 8.75. The third-order valence-corrected chi connectivity index (χ3v) is 5.18. The van der Waals surface area contributed by atoms with Gasteiger partial charge in [-0.2, -0.15) is 0 Å². The summed E-state index contributed by atoms with van der Waals surface area (Å²) in [6, 6.07) is 14.9. The van der Waals surface area contributed by atoms with E-state index in [1.807, 2.05) is 36.4 Å². The lowest BCUT2D eigenvalue weighted by molar-refractivity contribution is -0.137. The fourth-order valence-corrected chi connectivity index (χ4v) is 3.92. The van der Waals surface area contributed by atoms with E-state index in [4.69, 9.17) is 5.11 Å². The smallest absolute Gasteiger partial charge is 0.323 e. The Hall–Kier alpha value is -3.52. The zero-order valence-corrected chi connectivity index (χ0v) is 14.6. The van der Waals surface area contributed by atoms with Gasteiger partial charge in [-0.25, -0.2) is 4.99 Å². The van der Waals surface area contributed by atoms with Crippen LogP contribution in [-0.2, 0) is 16.1 Å². The van der Waals surface area contributed by atoms with Gasteiger partial charge >= 0.3 is 10.8 Å². The van der Waals surface area contributed by atoms with E-state index in [0.29, 0.717) is 21.9 Å². The highest BCUT2D eigenvalue weighted by molar-refractivity contribution is 7.11. The van der Waals surface area contributed by atoms with Crippen molar-refractivity contribution in [2.75, 3.05) is 0 Å². The van der Waals surface area contributed by atoms with Crippen molar-refractivity contribution in [2.45, 2.75) is 6.54 Å². The van der Waals surface area contributed by atoms with E-state index >= 15 is 0 Å². The molecule has 3 aromatic rings. The van der Waals surface area contributed by atoms with Crippen LogP contribution in [0.3, 0.4) is 0 Å². The number of aromatic hydroxyl groups is 1. The van der Waals surface area contributed by atoms with Gasteiger partial charge in [0, 0.05) is 5.22 Å². The molecule has 2 aromatic carbocycles. The Bertz CT molecular complexity index is 1270. The third kappa shape index (κ3) is 2.85. The second-order valence-electron chi connectivity index (χ2n) is 5.89. The lowest BCUT2D eigenvalue weighted by Gasteiger charge is -2.02. The van der Waals surface area contributed by atoms with Gasteiger partial charge in [-0.3, -0.25) is 19.0 Å². The molecule has 0 fully saturated rings. The van der Waals surface area contributed by atoms with Crippen LogP contribution in [-0.4, -0.2) is 26.7 Å². The summed E-state index contributed by atoms with van der Waals surface area (Å²) in [5, 5.41) is 20.2. The molecule has 0 spiro atoms. The van der Waals surface area contributed by atoms with Gasteiger partial charge in [0.05, 0.1) is 10.9 Å². The summed E-state index contributed by atoms with van der Waals surface area (Å²) in [6.45, 7) is -0.684. The lowest BCUT2D eigenvalue weighted by atomic mass is 10.0. The van der Waals surface area contributed by atoms with Crippen molar-refractivity contribution >= 4 is 28.8 Å². The van der Waals surface area contributed by atoms with Crippen molar-refractivity contribution in [2.24, 2.45) is 4.99 Å². The first-order valence-electron chi connectivity index (χ1n) is 7.93.